The van der Waals surface area contributed by atoms with E-state index in [1.807, 2.05) is 30.3 Å². The van der Waals surface area contributed by atoms with E-state index in [1.54, 1.807) is 0 Å². The van der Waals surface area contributed by atoms with E-state index >= 15 is 0 Å². The van der Waals surface area contributed by atoms with E-state index in [4.69, 9.17) is 19.3 Å². The van der Waals surface area contributed by atoms with E-state index < -0.39 is 18.5 Å². The normalized spacial score (nSPS) is 31.3. The number of ether oxygens (including phenoxy) is 3. The van der Waals surface area contributed by atoms with Gasteiger partial charge >= 0.3 is 0 Å². The molecule has 19 heavy (non-hydrogen) atoms. The van der Waals surface area contributed by atoms with Crippen LogP contribution in [0.4, 0.5) is 0 Å². The van der Waals surface area contributed by atoms with Crippen molar-refractivity contribution < 1.29 is 24.4 Å². The third kappa shape index (κ3) is 3.75. The van der Waals surface area contributed by atoms with E-state index in [-0.39, 0.29) is 12.7 Å². The van der Waals surface area contributed by atoms with E-state index in [0.717, 1.165) is 5.56 Å². The summed E-state index contributed by atoms with van der Waals surface area (Å²) in [6.45, 7) is 0.206. The van der Waals surface area contributed by atoms with Gasteiger partial charge in [-0.05, 0) is 5.56 Å². The highest BCUT2D eigenvalue weighted by Gasteiger charge is 2.37. The molecule has 106 valence electrons. The van der Waals surface area contributed by atoms with Gasteiger partial charge in [0.1, 0.15) is 12.2 Å². The molecular weight excluding hydrogens is 248 g/mol. The number of hydrogen-bond acceptors (Lipinski definition) is 5. The molecule has 1 aliphatic rings. The summed E-state index contributed by atoms with van der Waals surface area (Å²) in [5.41, 5.74) is 1.05. The van der Waals surface area contributed by atoms with Gasteiger partial charge < -0.3 is 24.4 Å². The smallest absolute Gasteiger partial charge is 0.184 e. The molecule has 1 saturated heterocycles. The zero-order valence-corrected chi connectivity index (χ0v) is 10.9. The van der Waals surface area contributed by atoms with Gasteiger partial charge in [-0.25, -0.2) is 0 Å². The van der Waals surface area contributed by atoms with Gasteiger partial charge in [0.25, 0.3) is 0 Å². The zero-order chi connectivity index (χ0) is 13.7. The number of rotatable bonds is 5. The molecule has 0 amide bonds. The molecule has 0 saturated carbocycles. The molecule has 1 aromatic carbocycles. The highest BCUT2D eigenvalue weighted by atomic mass is 16.7. The van der Waals surface area contributed by atoms with Crippen LogP contribution in [-0.4, -0.2) is 48.5 Å². The van der Waals surface area contributed by atoms with Crippen LogP contribution in [-0.2, 0) is 20.8 Å². The van der Waals surface area contributed by atoms with Gasteiger partial charge in [-0.15, -0.1) is 0 Å². The summed E-state index contributed by atoms with van der Waals surface area (Å²) in [5, 5.41) is 18.9. The fraction of sp³-hybridized carbons (Fsp3) is 0.571. The number of benzene rings is 1. The van der Waals surface area contributed by atoms with E-state index in [0.29, 0.717) is 13.0 Å². The van der Waals surface area contributed by atoms with Gasteiger partial charge in [0.05, 0.1) is 19.3 Å². The molecule has 1 fully saturated rings. The van der Waals surface area contributed by atoms with Crippen LogP contribution in [0.5, 0.6) is 0 Å². The number of aliphatic hydroxyl groups excluding tert-OH is 2. The first-order valence-electron chi connectivity index (χ1n) is 6.37. The predicted octanol–water partition coefficient (Wildman–Crippen LogP) is 0.686. The molecule has 5 heteroatoms. The topological polar surface area (TPSA) is 68.2 Å². The van der Waals surface area contributed by atoms with Crippen LogP contribution in [0, 0.1) is 0 Å². The molecule has 0 spiro atoms. The lowest BCUT2D eigenvalue weighted by atomic mass is 10.0. The maximum absolute atomic E-state index is 9.83. The van der Waals surface area contributed by atoms with Crippen LogP contribution in [0.1, 0.15) is 12.0 Å². The number of aliphatic hydroxyl groups is 2. The van der Waals surface area contributed by atoms with Gasteiger partial charge in [-0.3, -0.25) is 0 Å². The monoisotopic (exact) mass is 268 g/mol. The Morgan fingerprint density at radius 2 is 2.05 bits per heavy atom. The quantitative estimate of drug-likeness (QED) is 0.822. The lowest BCUT2D eigenvalue weighted by Gasteiger charge is -2.37. The molecule has 0 bridgehead atoms. The van der Waals surface area contributed by atoms with Crippen molar-refractivity contribution >= 4 is 0 Å². The molecule has 5 nitrogen and oxygen atoms in total. The third-order valence-electron chi connectivity index (χ3n) is 3.23. The Labute approximate surface area is 112 Å². The highest BCUT2D eigenvalue weighted by Crippen LogP contribution is 2.24. The molecule has 1 heterocycles. The minimum absolute atomic E-state index is 0.230. The van der Waals surface area contributed by atoms with E-state index in [9.17, 15) is 5.11 Å². The second-order valence-electron chi connectivity index (χ2n) is 4.60. The number of hydrogen-bond donors (Lipinski definition) is 2. The third-order valence-corrected chi connectivity index (χ3v) is 3.23. The number of methoxy groups -OCH3 is 1. The summed E-state index contributed by atoms with van der Waals surface area (Å²) >= 11 is 0. The minimum atomic E-state index is -0.739. The van der Waals surface area contributed by atoms with Crippen molar-refractivity contribution in [2.45, 2.75) is 37.6 Å². The Morgan fingerprint density at radius 1 is 1.32 bits per heavy atom. The molecule has 1 aromatic rings. The Bertz CT molecular complexity index is 369. The summed E-state index contributed by atoms with van der Waals surface area (Å²) in [7, 11) is 1.52. The largest absolute Gasteiger partial charge is 0.394 e. The Hall–Kier alpha value is -0.980. The van der Waals surface area contributed by atoms with Crippen molar-refractivity contribution in [3.05, 3.63) is 35.9 Å². The Balaban J connectivity index is 1.91. The van der Waals surface area contributed by atoms with Gasteiger partial charge in [-0.2, -0.15) is 0 Å². The lowest BCUT2D eigenvalue weighted by molar-refractivity contribution is -0.273. The minimum Gasteiger partial charge on any atom is -0.394 e. The summed E-state index contributed by atoms with van der Waals surface area (Å²) in [6.07, 6.45) is -1.87. The maximum atomic E-state index is 9.83. The van der Waals surface area contributed by atoms with E-state index in [2.05, 4.69) is 0 Å². The molecule has 0 aliphatic carbocycles. The van der Waals surface area contributed by atoms with Crippen molar-refractivity contribution in [3.63, 3.8) is 0 Å². The van der Waals surface area contributed by atoms with E-state index in [1.165, 1.54) is 7.11 Å². The average Bonchev–Trinajstić information content (AvgIpc) is 2.46. The van der Waals surface area contributed by atoms with Gasteiger partial charge in [0.15, 0.2) is 6.29 Å². The van der Waals surface area contributed by atoms with Crippen molar-refractivity contribution in [2.24, 2.45) is 0 Å². The predicted molar refractivity (Wildman–Crippen MR) is 68.4 cm³/mol. The highest BCUT2D eigenvalue weighted by molar-refractivity contribution is 5.13. The average molecular weight is 268 g/mol. The summed E-state index contributed by atoms with van der Waals surface area (Å²) in [5.74, 6) is 0. The summed E-state index contributed by atoms with van der Waals surface area (Å²) in [6, 6.07) is 9.78. The lowest BCUT2D eigenvalue weighted by Crippen LogP contribution is -2.50. The summed E-state index contributed by atoms with van der Waals surface area (Å²) < 4.78 is 16.4. The van der Waals surface area contributed by atoms with Crippen molar-refractivity contribution in [1.29, 1.82) is 0 Å². The zero-order valence-electron chi connectivity index (χ0n) is 10.9. The maximum Gasteiger partial charge on any atom is 0.184 e. The molecule has 0 unspecified atom stereocenters. The molecule has 1 aliphatic heterocycles. The fourth-order valence-electron chi connectivity index (χ4n) is 2.15. The van der Waals surface area contributed by atoms with Crippen LogP contribution in [0.15, 0.2) is 30.3 Å². The van der Waals surface area contributed by atoms with Gasteiger partial charge in [0, 0.05) is 13.5 Å². The molecule has 4 atom stereocenters. The standard InChI is InChI=1S/C14H20O5/c1-17-14-12(7-11(16)13(8-15)19-14)18-9-10-5-3-2-4-6-10/h2-6,11-16H,7-9H2,1H3/t11-,12+,13+,14+/m0/s1. The Kier molecular flexibility index (Phi) is 5.30. The van der Waals surface area contributed by atoms with Crippen LogP contribution < -0.4 is 0 Å². The first kappa shape index (κ1) is 14.4. The molecule has 0 aromatic heterocycles. The summed E-state index contributed by atoms with van der Waals surface area (Å²) in [4.78, 5) is 0. The molecular formula is C14H20O5. The fourth-order valence-corrected chi connectivity index (χ4v) is 2.15. The van der Waals surface area contributed by atoms with Crippen LogP contribution in [0.25, 0.3) is 0 Å². The van der Waals surface area contributed by atoms with Crippen molar-refractivity contribution in [1.82, 2.24) is 0 Å². The first-order valence-corrected chi connectivity index (χ1v) is 6.37. The van der Waals surface area contributed by atoms with Crippen molar-refractivity contribution in [3.8, 4) is 0 Å². The van der Waals surface area contributed by atoms with Crippen molar-refractivity contribution in [2.75, 3.05) is 13.7 Å². The van der Waals surface area contributed by atoms with Gasteiger partial charge in [0.2, 0.25) is 0 Å². The second-order valence-corrected chi connectivity index (χ2v) is 4.60. The van der Waals surface area contributed by atoms with Crippen LogP contribution in [0.3, 0.4) is 0 Å². The SMILES string of the molecule is CO[C@@H]1O[C@H](CO)[C@@H](O)C[C@H]1OCc1ccccc1. The second kappa shape index (κ2) is 6.98. The van der Waals surface area contributed by atoms with Crippen LogP contribution >= 0.6 is 0 Å². The van der Waals surface area contributed by atoms with Crippen LogP contribution in [0.2, 0.25) is 0 Å². The molecule has 2 N–H and O–H groups in total. The Morgan fingerprint density at radius 3 is 2.68 bits per heavy atom. The first-order chi connectivity index (χ1) is 9.24. The molecule has 2 rings (SSSR count). The van der Waals surface area contributed by atoms with Gasteiger partial charge in [-0.1, -0.05) is 30.3 Å². The molecule has 0 radical (unpaired) electrons.